The zero-order valence-corrected chi connectivity index (χ0v) is 17.3. The number of H-pyrrole nitrogens is 1. The minimum atomic E-state index is -0.586. The Labute approximate surface area is 178 Å². The highest BCUT2D eigenvalue weighted by Crippen LogP contribution is 2.39. The van der Waals surface area contributed by atoms with Crippen LogP contribution >= 0.6 is 0 Å². The molecule has 1 N–H and O–H groups in total. The number of anilines is 1. The predicted octanol–water partition coefficient (Wildman–Crippen LogP) is 5.10. The molecule has 5 rings (SSSR count). The van der Waals surface area contributed by atoms with E-state index in [1.807, 2.05) is 38.2 Å². The first-order valence-electron chi connectivity index (χ1n) is 10.3. The minimum Gasteiger partial charge on any atom is -0.486 e. The van der Waals surface area contributed by atoms with E-state index >= 15 is 0 Å². The van der Waals surface area contributed by atoms with Crippen LogP contribution in [0.5, 0.6) is 5.75 Å². The zero-order valence-electron chi connectivity index (χ0n) is 17.3. The third kappa shape index (κ3) is 3.60. The lowest BCUT2D eigenvalue weighted by atomic mass is 10.1. The van der Waals surface area contributed by atoms with Gasteiger partial charge in [0.15, 0.2) is 17.4 Å². The molecular formula is C24H22F2N4O. The first-order valence-corrected chi connectivity index (χ1v) is 10.3. The number of aromatic amines is 1. The van der Waals surface area contributed by atoms with Gasteiger partial charge in [-0.05, 0) is 55.1 Å². The Kier molecular flexibility index (Phi) is 4.81. The lowest BCUT2D eigenvalue weighted by Gasteiger charge is -2.34. The van der Waals surface area contributed by atoms with Gasteiger partial charge in [-0.15, -0.1) is 0 Å². The Morgan fingerprint density at radius 3 is 2.84 bits per heavy atom. The fourth-order valence-electron chi connectivity index (χ4n) is 4.06. The molecule has 5 nitrogen and oxygen atoms in total. The highest BCUT2D eigenvalue weighted by Gasteiger charge is 2.25. The largest absolute Gasteiger partial charge is 0.486 e. The fourth-order valence-corrected chi connectivity index (χ4v) is 4.06. The summed E-state index contributed by atoms with van der Waals surface area (Å²) in [5.74, 6) is -0.424. The van der Waals surface area contributed by atoms with Crippen LogP contribution in [0.3, 0.4) is 0 Å². The molecule has 0 bridgehead atoms. The van der Waals surface area contributed by atoms with E-state index < -0.39 is 11.6 Å². The number of ether oxygens (including phenoxy) is 1. The third-order valence-electron chi connectivity index (χ3n) is 5.58. The molecule has 0 saturated heterocycles. The molecule has 0 unspecified atom stereocenters. The molecule has 2 aromatic carbocycles. The molecule has 7 heteroatoms. The molecule has 31 heavy (non-hydrogen) atoms. The van der Waals surface area contributed by atoms with Crippen molar-refractivity contribution in [2.45, 2.75) is 26.3 Å². The quantitative estimate of drug-likeness (QED) is 0.499. The topological polar surface area (TPSA) is 54.0 Å². The number of hydrogen-bond acceptors (Lipinski definition) is 4. The first-order chi connectivity index (χ1) is 15.0. The van der Waals surface area contributed by atoms with E-state index in [4.69, 9.17) is 4.74 Å². The van der Waals surface area contributed by atoms with Gasteiger partial charge in [0.1, 0.15) is 18.1 Å². The number of nitrogens with one attached hydrogen (secondary N) is 1. The second kappa shape index (κ2) is 7.65. The molecule has 3 heterocycles. The van der Waals surface area contributed by atoms with Gasteiger partial charge in [0.05, 0.1) is 18.4 Å². The maximum atomic E-state index is 14.8. The van der Waals surface area contributed by atoms with Crippen LogP contribution in [-0.2, 0) is 6.42 Å². The second-order valence-electron chi connectivity index (χ2n) is 8.00. The number of aromatic nitrogens is 3. The fraction of sp³-hybridized carbons (Fsp3) is 0.250. The Hall–Kier alpha value is -3.48. The van der Waals surface area contributed by atoms with E-state index in [0.29, 0.717) is 36.6 Å². The molecule has 0 aliphatic carbocycles. The van der Waals surface area contributed by atoms with Gasteiger partial charge in [-0.1, -0.05) is 6.07 Å². The number of nitrogens with zero attached hydrogens (tertiary/aromatic N) is 3. The van der Waals surface area contributed by atoms with E-state index in [-0.39, 0.29) is 17.5 Å². The molecule has 158 valence electrons. The van der Waals surface area contributed by atoms with Crippen LogP contribution < -0.4 is 9.64 Å². The van der Waals surface area contributed by atoms with Gasteiger partial charge in [-0.3, -0.25) is 0 Å². The van der Waals surface area contributed by atoms with Gasteiger partial charge in [0.25, 0.3) is 0 Å². The summed E-state index contributed by atoms with van der Waals surface area (Å²) in [7, 11) is 0. The molecule has 0 atom stereocenters. The van der Waals surface area contributed by atoms with Crippen LogP contribution in [0.1, 0.15) is 25.2 Å². The van der Waals surface area contributed by atoms with E-state index in [1.165, 1.54) is 6.07 Å². The molecule has 0 amide bonds. The monoisotopic (exact) mass is 420 g/mol. The number of halogens is 2. The van der Waals surface area contributed by atoms with Crippen LogP contribution in [0, 0.1) is 11.6 Å². The van der Waals surface area contributed by atoms with Crippen molar-refractivity contribution in [1.29, 1.82) is 0 Å². The van der Waals surface area contributed by atoms with Gasteiger partial charge in [-0.2, -0.15) is 0 Å². The summed E-state index contributed by atoms with van der Waals surface area (Å²) in [6.07, 6.45) is 3.49. The van der Waals surface area contributed by atoms with Crippen molar-refractivity contribution in [3.63, 3.8) is 0 Å². The molecule has 0 saturated carbocycles. The van der Waals surface area contributed by atoms with Crippen molar-refractivity contribution in [3.8, 4) is 17.0 Å². The average molecular weight is 420 g/mol. The molecule has 0 fully saturated rings. The van der Waals surface area contributed by atoms with Crippen LogP contribution in [0.15, 0.2) is 48.8 Å². The van der Waals surface area contributed by atoms with Gasteiger partial charge in [-0.25, -0.2) is 18.7 Å². The summed E-state index contributed by atoms with van der Waals surface area (Å²) in [6.45, 7) is 5.13. The molecule has 2 aromatic heterocycles. The van der Waals surface area contributed by atoms with Crippen molar-refractivity contribution in [2.24, 2.45) is 0 Å². The lowest BCUT2D eigenvalue weighted by molar-refractivity contribution is 0.287. The van der Waals surface area contributed by atoms with Gasteiger partial charge in [0.2, 0.25) is 0 Å². The Bertz CT molecular complexity index is 1270. The summed E-state index contributed by atoms with van der Waals surface area (Å²) in [5, 5.41) is 1.09. The Morgan fingerprint density at radius 2 is 2.00 bits per heavy atom. The standard InChI is InChI=1S/C24H22F2N4O/c1-14(2)30-7-8-31-24-18(25)11-17(12-21(24)30)23-19(26)13-28-22(29-23)10-15-3-4-20-16(9-15)5-6-27-20/h3-6,9,11-14,27H,7-8,10H2,1-2H3. The molecule has 4 aromatic rings. The van der Waals surface area contributed by atoms with E-state index in [9.17, 15) is 8.78 Å². The number of fused-ring (bicyclic) bond motifs is 2. The van der Waals surface area contributed by atoms with E-state index in [0.717, 1.165) is 22.7 Å². The first kappa shape index (κ1) is 19.5. The molecule has 1 aliphatic heterocycles. The normalized spacial score (nSPS) is 13.5. The molecule has 0 radical (unpaired) electrons. The Balaban J connectivity index is 1.53. The Morgan fingerprint density at radius 1 is 1.13 bits per heavy atom. The summed E-state index contributed by atoms with van der Waals surface area (Å²) in [4.78, 5) is 13.8. The second-order valence-corrected chi connectivity index (χ2v) is 8.00. The number of benzene rings is 2. The highest BCUT2D eigenvalue weighted by atomic mass is 19.1. The molecule has 0 spiro atoms. The predicted molar refractivity (Wildman–Crippen MR) is 116 cm³/mol. The van der Waals surface area contributed by atoms with Crippen molar-refractivity contribution in [2.75, 3.05) is 18.1 Å². The summed E-state index contributed by atoms with van der Waals surface area (Å²) < 4.78 is 35.1. The maximum absolute atomic E-state index is 14.8. The van der Waals surface area contributed by atoms with Crippen molar-refractivity contribution < 1.29 is 13.5 Å². The van der Waals surface area contributed by atoms with Gasteiger partial charge < -0.3 is 14.6 Å². The third-order valence-corrected chi connectivity index (χ3v) is 5.58. The SMILES string of the molecule is CC(C)N1CCOc2c(F)cc(-c3nc(Cc4ccc5[nH]ccc5c4)ncc3F)cc21. The highest BCUT2D eigenvalue weighted by molar-refractivity contribution is 5.80. The van der Waals surface area contributed by atoms with Crippen LogP contribution in [0.4, 0.5) is 14.5 Å². The molecule has 1 aliphatic rings. The van der Waals surface area contributed by atoms with Crippen molar-refractivity contribution in [1.82, 2.24) is 15.0 Å². The maximum Gasteiger partial charge on any atom is 0.178 e. The minimum absolute atomic E-state index is 0.0868. The van der Waals surface area contributed by atoms with Crippen molar-refractivity contribution >= 4 is 16.6 Å². The van der Waals surface area contributed by atoms with Crippen molar-refractivity contribution in [3.05, 3.63) is 71.8 Å². The smallest absolute Gasteiger partial charge is 0.178 e. The zero-order chi connectivity index (χ0) is 21.5. The van der Waals surface area contributed by atoms with Gasteiger partial charge >= 0.3 is 0 Å². The molecular weight excluding hydrogens is 398 g/mol. The van der Waals surface area contributed by atoms with E-state index in [1.54, 1.807) is 6.07 Å². The lowest BCUT2D eigenvalue weighted by Crippen LogP contribution is -2.38. The average Bonchev–Trinajstić information content (AvgIpc) is 3.22. The van der Waals surface area contributed by atoms with Gasteiger partial charge in [0, 0.05) is 29.7 Å². The van der Waals surface area contributed by atoms with Crippen LogP contribution in [-0.4, -0.2) is 34.1 Å². The number of hydrogen-bond donors (Lipinski definition) is 1. The van der Waals surface area contributed by atoms with E-state index in [2.05, 4.69) is 25.9 Å². The summed E-state index contributed by atoms with van der Waals surface area (Å²) in [6, 6.07) is 11.2. The number of rotatable bonds is 4. The van der Waals surface area contributed by atoms with Crippen LogP contribution in [0.2, 0.25) is 0 Å². The summed E-state index contributed by atoms with van der Waals surface area (Å²) in [5.41, 5.74) is 3.14. The summed E-state index contributed by atoms with van der Waals surface area (Å²) >= 11 is 0. The van der Waals surface area contributed by atoms with Crippen LogP contribution in [0.25, 0.3) is 22.2 Å².